The van der Waals surface area contributed by atoms with Crippen molar-refractivity contribution in [1.29, 1.82) is 0 Å². The summed E-state index contributed by atoms with van der Waals surface area (Å²) in [6, 6.07) is 10.3. The van der Waals surface area contributed by atoms with E-state index in [4.69, 9.17) is 0 Å². The molecule has 0 amide bonds. The summed E-state index contributed by atoms with van der Waals surface area (Å²) in [6.07, 6.45) is 8.21. The summed E-state index contributed by atoms with van der Waals surface area (Å²) < 4.78 is 0. The van der Waals surface area contributed by atoms with Crippen molar-refractivity contribution in [2.75, 3.05) is 13.6 Å². The molecule has 3 heteroatoms. The molecule has 0 radical (unpaired) electrons. The zero-order chi connectivity index (χ0) is 18.1. The van der Waals surface area contributed by atoms with Crippen molar-refractivity contribution in [2.24, 2.45) is 5.41 Å². The van der Waals surface area contributed by atoms with Gasteiger partial charge in [-0.3, -0.25) is 4.90 Å². The van der Waals surface area contributed by atoms with Crippen molar-refractivity contribution in [3.63, 3.8) is 0 Å². The van der Waals surface area contributed by atoms with Gasteiger partial charge in [-0.2, -0.15) is 0 Å². The summed E-state index contributed by atoms with van der Waals surface area (Å²) in [5.74, 6) is 6.30. The van der Waals surface area contributed by atoms with E-state index >= 15 is 0 Å². The summed E-state index contributed by atoms with van der Waals surface area (Å²) in [6.45, 7) is 8.06. The highest BCUT2D eigenvalue weighted by Gasteiger charge is 2.03. The first-order valence-corrected chi connectivity index (χ1v) is 9.34. The second kappa shape index (κ2) is 9.36. The van der Waals surface area contributed by atoms with E-state index in [2.05, 4.69) is 85.3 Å². The van der Waals surface area contributed by atoms with Crippen LogP contribution >= 0.6 is 11.3 Å². The number of likely N-dealkylation sites (N-methyl/N-ethyl adjacent to an activating group) is 1. The van der Waals surface area contributed by atoms with E-state index in [0.29, 0.717) is 0 Å². The van der Waals surface area contributed by atoms with Crippen molar-refractivity contribution in [3.8, 4) is 11.8 Å². The van der Waals surface area contributed by atoms with Crippen molar-refractivity contribution < 1.29 is 0 Å². The Labute approximate surface area is 155 Å². The van der Waals surface area contributed by atoms with Crippen LogP contribution in [0.5, 0.6) is 0 Å². The van der Waals surface area contributed by atoms with Gasteiger partial charge < -0.3 is 0 Å². The summed E-state index contributed by atoms with van der Waals surface area (Å²) in [5.41, 5.74) is 2.35. The van der Waals surface area contributed by atoms with Gasteiger partial charge in [0.15, 0.2) is 0 Å². The van der Waals surface area contributed by atoms with Gasteiger partial charge in [-0.15, -0.1) is 11.3 Å². The largest absolute Gasteiger partial charge is 0.297 e. The third kappa shape index (κ3) is 7.98. The van der Waals surface area contributed by atoms with Crippen LogP contribution in [0.25, 0.3) is 12.2 Å². The van der Waals surface area contributed by atoms with E-state index in [-0.39, 0.29) is 5.41 Å². The molecule has 0 saturated heterocycles. The minimum Gasteiger partial charge on any atom is -0.297 e. The molecule has 1 heterocycles. The highest BCUT2D eigenvalue weighted by Crippen LogP contribution is 2.15. The molecule has 25 heavy (non-hydrogen) atoms. The van der Waals surface area contributed by atoms with Crippen molar-refractivity contribution >= 4 is 23.5 Å². The first-order chi connectivity index (χ1) is 11.9. The first-order valence-electron chi connectivity index (χ1n) is 8.46. The molecule has 1 aromatic heterocycles. The quantitative estimate of drug-likeness (QED) is 0.653. The summed E-state index contributed by atoms with van der Waals surface area (Å²) >= 11 is 1.68. The minimum absolute atomic E-state index is 0.0561. The highest BCUT2D eigenvalue weighted by molar-refractivity contribution is 7.10. The molecule has 1 aromatic carbocycles. The normalized spacial score (nSPS) is 12.0. The van der Waals surface area contributed by atoms with Gasteiger partial charge in [0.2, 0.25) is 0 Å². The Morgan fingerprint density at radius 3 is 2.64 bits per heavy atom. The zero-order valence-electron chi connectivity index (χ0n) is 15.5. The number of aromatic nitrogens is 1. The number of hydrogen-bond acceptors (Lipinski definition) is 3. The van der Waals surface area contributed by atoms with Crippen LogP contribution in [0.4, 0.5) is 0 Å². The molecule has 0 saturated carbocycles. The summed E-state index contributed by atoms with van der Waals surface area (Å²) in [7, 11) is 2.10. The number of nitrogens with zero attached hydrogens (tertiary/aromatic N) is 2. The van der Waals surface area contributed by atoms with Gasteiger partial charge in [0.05, 0.1) is 5.69 Å². The highest BCUT2D eigenvalue weighted by atomic mass is 32.1. The molecule has 0 N–H and O–H groups in total. The minimum atomic E-state index is 0.0561. The van der Waals surface area contributed by atoms with E-state index in [9.17, 15) is 0 Å². The van der Waals surface area contributed by atoms with Crippen LogP contribution in [0.3, 0.4) is 0 Å². The number of rotatable bonds is 6. The number of hydrogen-bond donors (Lipinski definition) is 0. The van der Waals surface area contributed by atoms with Gasteiger partial charge in [0.1, 0.15) is 5.01 Å². The SMILES string of the molecule is CN(C/C=C/C#CC(C)(C)C)Cc1csc(/C=C\c2ccccc2)n1. The first kappa shape index (κ1) is 19.2. The van der Waals surface area contributed by atoms with Gasteiger partial charge in [-0.05, 0) is 45.5 Å². The lowest BCUT2D eigenvalue weighted by atomic mass is 9.98. The van der Waals surface area contributed by atoms with Gasteiger partial charge in [0.25, 0.3) is 0 Å². The van der Waals surface area contributed by atoms with Gasteiger partial charge in [0, 0.05) is 23.9 Å². The fourth-order valence-electron chi connectivity index (χ4n) is 2.09. The Bertz CT molecular complexity index is 768. The van der Waals surface area contributed by atoms with Crippen molar-refractivity contribution in [2.45, 2.75) is 27.3 Å². The van der Waals surface area contributed by atoms with Crippen LogP contribution in [0.2, 0.25) is 0 Å². The maximum Gasteiger partial charge on any atom is 0.116 e. The van der Waals surface area contributed by atoms with E-state index in [0.717, 1.165) is 23.8 Å². The van der Waals surface area contributed by atoms with Gasteiger partial charge in [-0.25, -0.2) is 4.98 Å². The fourth-order valence-corrected chi connectivity index (χ4v) is 2.79. The average molecular weight is 351 g/mol. The maximum absolute atomic E-state index is 4.68. The Kier molecular flexibility index (Phi) is 7.18. The maximum atomic E-state index is 4.68. The number of thiazole rings is 1. The summed E-state index contributed by atoms with van der Waals surface area (Å²) in [4.78, 5) is 6.91. The van der Waals surface area contributed by atoms with E-state index < -0.39 is 0 Å². The molecule has 0 fully saturated rings. The van der Waals surface area contributed by atoms with E-state index in [1.165, 1.54) is 5.56 Å². The smallest absolute Gasteiger partial charge is 0.116 e. The molecular formula is C22H26N2S. The third-order valence-corrected chi connectivity index (χ3v) is 4.14. The molecule has 2 nitrogen and oxygen atoms in total. The predicted molar refractivity (Wildman–Crippen MR) is 110 cm³/mol. The Balaban J connectivity index is 1.83. The standard InChI is InChI=1S/C22H26N2S/c1-22(2,3)15-9-6-10-16-24(4)17-20-18-25-21(23-20)14-13-19-11-7-5-8-12-19/h5-8,10-14,18H,16-17H2,1-4H3/b10-6+,14-13-. The number of allylic oxidation sites excluding steroid dienone is 1. The summed E-state index contributed by atoms with van der Waals surface area (Å²) in [5, 5.41) is 3.17. The molecule has 0 spiro atoms. The van der Waals surface area contributed by atoms with Crippen LogP contribution in [0.15, 0.2) is 47.9 Å². The monoisotopic (exact) mass is 350 g/mol. The molecule has 130 valence electrons. The van der Waals surface area contributed by atoms with Crippen LogP contribution in [-0.4, -0.2) is 23.5 Å². The molecule has 0 unspecified atom stereocenters. The molecule has 2 rings (SSSR count). The van der Waals surface area contributed by atoms with Crippen molar-refractivity contribution in [3.05, 3.63) is 64.1 Å². The lowest BCUT2D eigenvalue weighted by Gasteiger charge is -2.11. The topological polar surface area (TPSA) is 16.1 Å². The van der Waals surface area contributed by atoms with Crippen LogP contribution in [0.1, 0.15) is 37.0 Å². The second-order valence-corrected chi connectivity index (χ2v) is 7.93. The van der Waals surface area contributed by atoms with Crippen LogP contribution in [0, 0.1) is 17.3 Å². The van der Waals surface area contributed by atoms with Gasteiger partial charge >= 0.3 is 0 Å². The lowest BCUT2D eigenvalue weighted by Crippen LogP contribution is -2.17. The van der Waals surface area contributed by atoms with Crippen molar-refractivity contribution in [1.82, 2.24) is 9.88 Å². The Hall–Kier alpha value is -2.15. The van der Waals surface area contributed by atoms with Crippen LogP contribution < -0.4 is 0 Å². The Morgan fingerprint density at radius 1 is 1.16 bits per heavy atom. The third-order valence-electron chi connectivity index (χ3n) is 3.28. The van der Waals surface area contributed by atoms with E-state index in [1.54, 1.807) is 11.3 Å². The molecule has 0 aliphatic heterocycles. The fraction of sp³-hybridized carbons (Fsp3) is 0.318. The molecule has 0 aliphatic rings. The lowest BCUT2D eigenvalue weighted by molar-refractivity contribution is 0.359. The molecule has 0 atom stereocenters. The molecule has 0 bridgehead atoms. The van der Waals surface area contributed by atoms with Crippen LogP contribution in [-0.2, 0) is 6.54 Å². The van der Waals surface area contributed by atoms with E-state index in [1.807, 2.05) is 24.3 Å². The second-order valence-electron chi connectivity index (χ2n) is 7.04. The van der Waals surface area contributed by atoms with Gasteiger partial charge in [-0.1, -0.05) is 54.3 Å². The predicted octanol–water partition coefficient (Wildman–Crippen LogP) is 5.35. The Morgan fingerprint density at radius 2 is 1.92 bits per heavy atom. The number of benzene rings is 1. The average Bonchev–Trinajstić information content (AvgIpc) is 3.00. The molecule has 2 aromatic rings. The molecular weight excluding hydrogens is 324 g/mol. The molecule has 0 aliphatic carbocycles. The zero-order valence-corrected chi connectivity index (χ0v) is 16.3.